The number of carboxylic acid groups (broad SMARTS) is 1. The van der Waals surface area contributed by atoms with Gasteiger partial charge in [-0.3, -0.25) is 38.7 Å². The summed E-state index contributed by atoms with van der Waals surface area (Å²) in [7, 11) is 1.56. The van der Waals surface area contributed by atoms with Crippen molar-refractivity contribution in [1.29, 1.82) is 0 Å². The number of aldehydes is 6. The summed E-state index contributed by atoms with van der Waals surface area (Å²) in [6.45, 7) is 4.35. The zero-order valence-corrected chi connectivity index (χ0v) is 55.8. The van der Waals surface area contributed by atoms with Crippen molar-refractivity contribution in [2.75, 3.05) is 72.7 Å². The van der Waals surface area contributed by atoms with E-state index in [0.29, 0.717) is 134 Å². The molecule has 0 aliphatic carbocycles. The summed E-state index contributed by atoms with van der Waals surface area (Å²) < 4.78 is 44.3. The first-order valence-corrected chi connectivity index (χ1v) is 34.7. The summed E-state index contributed by atoms with van der Waals surface area (Å²) in [5, 5.41) is 65.1. The number of hydrogen-bond donors (Lipinski definition) is 5. The van der Waals surface area contributed by atoms with E-state index in [1.165, 1.54) is 15.2 Å². The summed E-state index contributed by atoms with van der Waals surface area (Å²) in [4.78, 5) is 123. The van der Waals surface area contributed by atoms with Crippen LogP contribution in [-0.2, 0) is 81.5 Å². The molecule has 2 aromatic carbocycles. The van der Waals surface area contributed by atoms with Gasteiger partial charge in [-0.1, -0.05) is 17.7 Å². The predicted molar refractivity (Wildman–Crippen MR) is 339 cm³/mol. The number of aryl methyl sites for hydroxylation is 1. The lowest BCUT2D eigenvalue weighted by Gasteiger charge is -2.52. The van der Waals surface area contributed by atoms with Crippen molar-refractivity contribution in [3.63, 3.8) is 0 Å². The van der Waals surface area contributed by atoms with E-state index in [9.17, 15) is 59.1 Å². The third kappa shape index (κ3) is 17.9. The molecule has 5 N–H and O–H groups in total. The van der Waals surface area contributed by atoms with Crippen LogP contribution in [-0.4, -0.2) is 312 Å². The first kappa shape index (κ1) is 74.7. The molecular weight excluding hydrogens is 1300 g/mol. The van der Waals surface area contributed by atoms with Crippen molar-refractivity contribution in [2.45, 2.75) is 231 Å². The Hall–Kier alpha value is -5.51. The van der Waals surface area contributed by atoms with Gasteiger partial charge in [0.2, 0.25) is 12.6 Å². The number of likely N-dealkylation sites (tertiary alicyclic amines) is 1. The third-order valence-corrected chi connectivity index (χ3v) is 20.2. The van der Waals surface area contributed by atoms with Crippen LogP contribution in [0.2, 0.25) is 0 Å². The van der Waals surface area contributed by atoms with Crippen molar-refractivity contribution in [1.82, 2.24) is 35.3 Å². The normalized spacial score (nSPS) is 37.5. The van der Waals surface area contributed by atoms with Gasteiger partial charge in [0.1, 0.15) is 110 Å². The van der Waals surface area contributed by atoms with Crippen LogP contribution in [0.15, 0.2) is 48.5 Å². The molecule has 548 valence electrons. The fourth-order valence-electron chi connectivity index (χ4n) is 14.7. The molecule has 2 aromatic rings. The molecule has 10 heterocycles. The molecule has 0 saturated carbocycles. The van der Waals surface area contributed by atoms with Gasteiger partial charge in [-0.15, -0.1) is 0 Å². The second kappa shape index (κ2) is 35.6. The number of hydrogen-bond acceptors (Lipinski definition) is 31. The van der Waals surface area contributed by atoms with E-state index in [2.05, 4.69) is 0 Å². The molecule has 22 atom stereocenters. The largest absolute Gasteiger partial charge is 0.497 e. The summed E-state index contributed by atoms with van der Waals surface area (Å²) in [6, 6.07) is 8.95. The summed E-state index contributed by atoms with van der Waals surface area (Å²) in [5.74, 6) is 0.430. The van der Waals surface area contributed by atoms with Gasteiger partial charge >= 0.3 is 5.97 Å². The number of rotatable bonds is 30. The third-order valence-electron chi connectivity index (χ3n) is 20.2. The number of benzene rings is 2. The molecule has 99 heavy (non-hydrogen) atoms. The summed E-state index contributed by atoms with van der Waals surface area (Å²) in [6.07, 6.45) is -4.73. The molecule has 10 saturated heterocycles. The maximum atomic E-state index is 13.1. The highest BCUT2D eigenvalue weighted by Crippen LogP contribution is 2.41. The van der Waals surface area contributed by atoms with Crippen molar-refractivity contribution >= 4 is 43.7 Å². The molecule has 12 rings (SSSR count). The molecule has 10 aliphatic rings. The highest BCUT2D eigenvalue weighted by molar-refractivity contribution is 5.74. The van der Waals surface area contributed by atoms with Gasteiger partial charge in [0.25, 0.3) is 0 Å². The zero-order valence-electron chi connectivity index (χ0n) is 55.8. The minimum atomic E-state index is -1.67. The van der Waals surface area contributed by atoms with Crippen molar-refractivity contribution in [2.24, 2.45) is 0 Å². The fourth-order valence-corrected chi connectivity index (χ4v) is 14.7. The van der Waals surface area contributed by atoms with Gasteiger partial charge in [0.05, 0.1) is 69.2 Å². The predicted octanol–water partition coefficient (Wildman–Crippen LogP) is 0.0441. The van der Waals surface area contributed by atoms with Gasteiger partial charge in [0.15, 0.2) is 24.6 Å². The fraction of sp³-hybridized carbons (Fsp3) is 0.716. The van der Waals surface area contributed by atoms with Crippen molar-refractivity contribution in [3.05, 3.63) is 54.1 Å². The number of aliphatic carboxylic acids is 1. The van der Waals surface area contributed by atoms with Crippen LogP contribution in [0.5, 0.6) is 17.2 Å². The average molecular weight is 1400 g/mol. The Morgan fingerprint density at radius 1 is 0.434 bits per heavy atom. The number of carbonyl (C=O) groups is 7. The van der Waals surface area contributed by atoms with Crippen LogP contribution in [0.25, 0.3) is 0 Å². The van der Waals surface area contributed by atoms with Crippen LogP contribution in [0, 0.1) is 6.92 Å². The topological polar surface area (TPSA) is 363 Å². The van der Waals surface area contributed by atoms with E-state index in [0.717, 1.165) is 56.1 Å². The van der Waals surface area contributed by atoms with Gasteiger partial charge in [-0.25, -0.2) is 0 Å². The number of ether oxygens (including phenoxy) is 7. The lowest BCUT2D eigenvalue weighted by molar-refractivity contribution is -0.392. The molecule has 10 fully saturated rings. The Kier molecular flexibility index (Phi) is 26.8. The number of carbonyl (C=O) groups excluding carboxylic acids is 6. The van der Waals surface area contributed by atoms with Crippen molar-refractivity contribution < 1.29 is 121 Å². The smallest absolute Gasteiger partial charge is 0.320 e. The molecule has 0 amide bonds. The standard InChI is InChI=1S/C44H63N5O16.C23H32N2O9/c1-27-12-14-32(15-13-27)60-43-40(64-48-19-4-9-30(48)23-52)36(45-16-6-11-33(45)42(56)57)39(35(62-43)26-59-47-18-3-8-29(47)22-51)63-44-41(65-49-20-5-10-31(49)24-53)38(55)37(54)34(61-44)25-58-46-17-2-7-28(46)21-50;1-30-17-6-8-18(9-7-17)32-23-22(34-25-11-3-5-16(25)13-27)21(29)20(28)19(33-23)14-31-24-10-2-4-15(24)12-26/h12-15,21-24,28-31,33-41,43-44,54-55H,2-11,16-20,25-26H2,1H3,(H,56,57);6-9,12-13,15-16,19-23,28-29H,2-5,10-11,14H2,1H3/t28-,29-,30-,31-,33-,34?,35-,36?,37-,38-,39+,40?,41?,43+,44-;15-,16-,19-,20+,21?,22?,23+/m00/s1. The number of methoxy groups -OCH3 is 1. The van der Waals surface area contributed by atoms with E-state index in [1.54, 1.807) is 63.6 Å². The van der Waals surface area contributed by atoms with E-state index in [4.69, 9.17) is 62.2 Å². The monoisotopic (exact) mass is 1400 g/mol. The first-order chi connectivity index (χ1) is 48.1. The van der Waals surface area contributed by atoms with E-state index in [1.807, 2.05) is 19.1 Å². The molecule has 0 aromatic heterocycles. The Labute approximate surface area is 573 Å². The van der Waals surface area contributed by atoms with E-state index in [-0.39, 0.29) is 32.4 Å². The number of nitrogens with zero attached hydrogens (tertiary/aromatic N) is 7. The molecule has 0 spiro atoms. The number of aliphatic hydroxyl groups excluding tert-OH is 4. The molecule has 6 unspecified atom stereocenters. The highest BCUT2D eigenvalue weighted by atomic mass is 16.8. The molecule has 32 nitrogen and oxygen atoms in total. The van der Waals surface area contributed by atoms with Crippen LogP contribution in [0.1, 0.15) is 95.5 Å². The second-order valence-electron chi connectivity index (χ2n) is 26.7. The van der Waals surface area contributed by atoms with Crippen LogP contribution >= 0.6 is 0 Å². The van der Waals surface area contributed by atoms with E-state index >= 15 is 0 Å². The highest BCUT2D eigenvalue weighted by Gasteiger charge is 2.59. The van der Waals surface area contributed by atoms with Crippen LogP contribution in [0.3, 0.4) is 0 Å². The first-order valence-electron chi connectivity index (χ1n) is 34.7. The lowest BCUT2D eigenvalue weighted by Crippen LogP contribution is -2.71. The average Bonchev–Trinajstić information content (AvgIpc) is 1.20. The maximum Gasteiger partial charge on any atom is 0.320 e. The Morgan fingerprint density at radius 3 is 1.20 bits per heavy atom. The Balaban J connectivity index is 0.000000244. The van der Waals surface area contributed by atoms with Gasteiger partial charge in [-0.2, -0.15) is 30.4 Å². The minimum Gasteiger partial charge on any atom is -0.497 e. The zero-order chi connectivity index (χ0) is 69.7. The second-order valence-corrected chi connectivity index (χ2v) is 26.7. The quantitative estimate of drug-likeness (QED) is 0.0645. The number of aliphatic hydroxyl groups is 4. The maximum absolute atomic E-state index is 13.1. The number of carboxylic acids is 1. The summed E-state index contributed by atoms with van der Waals surface area (Å²) in [5.41, 5.74) is 0.979. The molecule has 10 aliphatic heterocycles. The van der Waals surface area contributed by atoms with Crippen LogP contribution < -0.4 is 14.2 Å². The Morgan fingerprint density at radius 2 is 0.778 bits per heavy atom. The molecule has 0 radical (unpaired) electrons. The van der Waals surface area contributed by atoms with Gasteiger partial charge in [-0.05, 0) is 140 Å². The molecule has 32 heteroatoms. The minimum absolute atomic E-state index is 0.0849. The van der Waals surface area contributed by atoms with Gasteiger partial charge in [0, 0.05) is 39.3 Å². The Bertz CT molecular complexity index is 2930. The lowest BCUT2D eigenvalue weighted by atomic mass is 9.92. The van der Waals surface area contributed by atoms with Crippen LogP contribution in [0.4, 0.5) is 0 Å². The summed E-state index contributed by atoms with van der Waals surface area (Å²) >= 11 is 0. The van der Waals surface area contributed by atoms with Crippen molar-refractivity contribution in [3.8, 4) is 17.2 Å². The van der Waals surface area contributed by atoms with E-state index < -0.39 is 134 Å². The SMILES string of the molecule is COc1ccc(O[C@@H]2O[C@@H](CON3CCC[C@H]3C=O)[C@@H](O)C(O)C2ON2CCC[C@H]2C=O)cc1.Cc1ccc(O[C@@H]2O[C@@H](CON3CCC[C@H]3C=O)[C@@H](O[C@@H]3OC(CON4CCC[C@H]4C=O)[C@H](O)[C@H](O)C3ON3CCC[C@H]3C=O)C(N3CCC[C@H]3C(=O)O)C2ON2CCC[C@H]2C=O)cc1. The van der Waals surface area contributed by atoms with Gasteiger partial charge < -0.3 is 87.5 Å². The number of hydroxylamine groups is 12. The molecule has 0 bridgehead atoms. The molecular formula is C67H95N7O25.